The zero-order chi connectivity index (χ0) is 10.8. The molecule has 4 nitrogen and oxygen atoms in total. The normalized spacial score (nSPS) is 10.5. The highest BCUT2D eigenvalue weighted by Gasteiger charge is 2.05. The Balaban J connectivity index is 2.56. The van der Waals surface area contributed by atoms with Crippen LogP contribution in [-0.2, 0) is 11.2 Å². The molecule has 0 saturated carbocycles. The molecule has 2 aromatic rings. The number of hydrogen-bond acceptors (Lipinski definition) is 3. The number of nitrogens with zero attached hydrogens (tertiary/aromatic N) is 3. The fourth-order valence-electron chi connectivity index (χ4n) is 1.55. The summed E-state index contributed by atoms with van der Waals surface area (Å²) < 4.78 is 1.92. The van der Waals surface area contributed by atoms with E-state index in [0.717, 1.165) is 23.2 Å². The van der Waals surface area contributed by atoms with E-state index < -0.39 is 0 Å². The SMILES string of the molecule is CN(C)c1ccn2cnc(CC=O)c2c1. The van der Waals surface area contributed by atoms with Gasteiger partial charge in [0.1, 0.15) is 6.29 Å². The van der Waals surface area contributed by atoms with Gasteiger partial charge in [0.25, 0.3) is 0 Å². The van der Waals surface area contributed by atoms with Crippen LogP contribution in [0.25, 0.3) is 5.52 Å². The van der Waals surface area contributed by atoms with Crippen LogP contribution < -0.4 is 4.90 Å². The molecule has 0 amide bonds. The average Bonchev–Trinajstić information content (AvgIpc) is 2.61. The smallest absolute Gasteiger partial charge is 0.126 e. The Bertz CT molecular complexity index is 488. The third-order valence-corrected chi connectivity index (χ3v) is 2.40. The highest BCUT2D eigenvalue weighted by Crippen LogP contribution is 2.17. The second-order valence-corrected chi connectivity index (χ2v) is 3.63. The first kappa shape index (κ1) is 9.71. The largest absolute Gasteiger partial charge is 0.378 e. The van der Waals surface area contributed by atoms with Crippen molar-refractivity contribution in [3.05, 3.63) is 30.4 Å². The monoisotopic (exact) mass is 203 g/mol. The van der Waals surface area contributed by atoms with Gasteiger partial charge in [-0.2, -0.15) is 0 Å². The standard InChI is InChI=1S/C11H13N3O/c1-13(2)9-3-5-14-8-12-10(4-6-15)11(14)7-9/h3,5-8H,4H2,1-2H3. The molecule has 0 aliphatic rings. The maximum atomic E-state index is 10.5. The molecule has 78 valence electrons. The van der Waals surface area contributed by atoms with Crippen molar-refractivity contribution in [2.75, 3.05) is 19.0 Å². The highest BCUT2D eigenvalue weighted by atomic mass is 16.1. The van der Waals surface area contributed by atoms with Crippen LogP contribution in [0.4, 0.5) is 5.69 Å². The van der Waals surface area contributed by atoms with E-state index in [9.17, 15) is 4.79 Å². The number of carbonyl (C=O) groups is 1. The molecule has 2 aromatic heterocycles. The maximum absolute atomic E-state index is 10.5. The summed E-state index contributed by atoms with van der Waals surface area (Å²) in [5.74, 6) is 0. The van der Waals surface area contributed by atoms with Crippen molar-refractivity contribution in [3.63, 3.8) is 0 Å². The average molecular weight is 203 g/mol. The van der Waals surface area contributed by atoms with Crippen molar-refractivity contribution in [3.8, 4) is 0 Å². The quantitative estimate of drug-likeness (QED) is 0.702. The van der Waals surface area contributed by atoms with Crippen molar-refractivity contribution < 1.29 is 4.79 Å². The first-order chi connectivity index (χ1) is 7.22. The van der Waals surface area contributed by atoms with E-state index in [-0.39, 0.29) is 0 Å². The predicted molar refractivity (Wildman–Crippen MR) is 59.3 cm³/mol. The van der Waals surface area contributed by atoms with E-state index in [4.69, 9.17) is 0 Å². The number of hydrogen-bond donors (Lipinski definition) is 0. The van der Waals surface area contributed by atoms with Crippen LogP contribution >= 0.6 is 0 Å². The zero-order valence-electron chi connectivity index (χ0n) is 8.84. The minimum Gasteiger partial charge on any atom is -0.378 e. The molecule has 0 spiro atoms. The molecule has 2 heterocycles. The van der Waals surface area contributed by atoms with Gasteiger partial charge in [-0.15, -0.1) is 0 Å². The van der Waals surface area contributed by atoms with Gasteiger partial charge in [0.15, 0.2) is 0 Å². The van der Waals surface area contributed by atoms with Gasteiger partial charge in [0, 0.05) is 32.4 Å². The lowest BCUT2D eigenvalue weighted by molar-refractivity contribution is -0.107. The highest BCUT2D eigenvalue weighted by molar-refractivity contribution is 5.67. The Hall–Kier alpha value is -1.84. The van der Waals surface area contributed by atoms with E-state index in [1.54, 1.807) is 6.33 Å². The van der Waals surface area contributed by atoms with E-state index in [1.165, 1.54) is 0 Å². The lowest BCUT2D eigenvalue weighted by Crippen LogP contribution is -2.08. The van der Waals surface area contributed by atoms with Crippen LogP contribution in [-0.4, -0.2) is 29.8 Å². The number of rotatable bonds is 3. The minimum absolute atomic E-state index is 0.368. The van der Waals surface area contributed by atoms with E-state index in [0.29, 0.717) is 6.42 Å². The number of aromatic nitrogens is 2. The summed E-state index contributed by atoms with van der Waals surface area (Å²) in [6.45, 7) is 0. The summed E-state index contributed by atoms with van der Waals surface area (Å²) >= 11 is 0. The van der Waals surface area contributed by atoms with Crippen LogP contribution in [0.2, 0.25) is 0 Å². The molecule has 0 N–H and O–H groups in total. The fourth-order valence-corrected chi connectivity index (χ4v) is 1.55. The summed E-state index contributed by atoms with van der Waals surface area (Å²) in [5, 5.41) is 0. The Labute approximate surface area is 88.2 Å². The van der Waals surface area contributed by atoms with Crippen molar-refractivity contribution in [1.82, 2.24) is 9.38 Å². The third-order valence-electron chi connectivity index (χ3n) is 2.40. The van der Waals surface area contributed by atoms with Gasteiger partial charge < -0.3 is 14.1 Å². The number of carbonyl (C=O) groups excluding carboxylic acids is 1. The first-order valence-corrected chi connectivity index (χ1v) is 4.79. The summed E-state index contributed by atoms with van der Waals surface area (Å²) in [4.78, 5) is 16.7. The number of aldehydes is 1. The Kier molecular flexibility index (Phi) is 2.41. The molecule has 0 unspecified atom stereocenters. The Morgan fingerprint density at radius 2 is 2.33 bits per heavy atom. The molecule has 0 saturated heterocycles. The van der Waals surface area contributed by atoms with Crippen molar-refractivity contribution in [1.29, 1.82) is 0 Å². The molecule has 2 rings (SSSR count). The minimum atomic E-state index is 0.368. The van der Waals surface area contributed by atoms with Gasteiger partial charge in [0.05, 0.1) is 17.5 Å². The van der Waals surface area contributed by atoms with Crippen LogP contribution in [0.3, 0.4) is 0 Å². The number of pyridine rings is 1. The van der Waals surface area contributed by atoms with Gasteiger partial charge in [-0.05, 0) is 12.1 Å². The van der Waals surface area contributed by atoms with Crippen LogP contribution in [0.1, 0.15) is 5.69 Å². The van der Waals surface area contributed by atoms with E-state index in [1.807, 2.05) is 41.7 Å². The molecule has 4 heteroatoms. The lowest BCUT2D eigenvalue weighted by atomic mass is 10.2. The number of anilines is 1. The molecule has 0 atom stereocenters. The summed E-state index contributed by atoms with van der Waals surface area (Å²) in [6.07, 6.45) is 4.93. The molecule has 0 bridgehead atoms. The molecule has 0 aliphatic carbocycles. The Morgan fingerprint density at radius 1 is 1.53 bits per heavy atom. The van der Waals surface area contributed by atoms with Gasteiger partial charge in [-0.3, -0.25) is 0 Å². The summed E-state index contributed by atoms with van der Waals surface area (Å²) in [5.41, 5.74) is 2.93. The second kappa shape index (κ2) is 3.73. The molecule has 0 fully saturated rings. The van der Waals surface area contributed by atoms with E-state index >= 15 is 0 Å². The first-order valence-electron chi connectivity index (χ1n) is 4.79. The van der Waals surface area contributed by atoms with Crippen LogP contribution in [0.15, 0.2) is 24.7 Å². The second-order valence-electron chi connectivity index (χ2n) is 3.63. The number of imidazole rings is 1. The van der Waals surface area contributed by atoms with E-state index in [2.05, 4.69) is 4.98 Å². The Morgan fingerprint density at radius 3 is 3.00 bits per heavy atom. The lowest BCUT2D eigenvalue weighted by Gasteiger charge is -2.12. The predicted octanol–water partition coefficient (Wildman–Crippen LogP) is 1.14. The maximum Gasteiger partial charge on any atom is 0.126 e. The number of fused-ring (bicyclic) bond motifs is 1. The summed E-state index contributed by atoms with van der Waals surface area (Å²) in [7, 11) is 3.98. The van der Waals surface area contributed by atoms with Gasteiger partial charge >= 0.3 is 0 Å². The third kappa shape index (κ3) is 1.70. The fraction of sp³-hybridized carbons (Fsp3) is 0.273. The topological polar surface area (TPSA) is 37.6 Å². The molecule has 0 radical (unpaired) electrons. The molecular weight excluding hydrogens is 190 g/mol. The van der Waals surface area contributed by atoms with Crippen LogP contribution in [0, 0.1) is 0 Å². The molecule has 15 heavy (non-hydrogen) atoms. The van der Waals surface area contributed by atoms with Crippen molar-refractivity contribution >= 4 is 17.5 Å². The van der Waals surface area contributed by atoms with Gasteiger partial charge in [-0.1, -0.05) is 0 Å². The molecular formula is C11H13N3O. The van der Waals surface area contributed by atoms with Crippen molar-refractivity contribution in [2.24, 2.45) is 0 Å². The summed E-state index contributed by atoms with van der Waals surface area (Å²) in [6, 6.07) is 4.05. The van der Waals surface area contributed by atoms with Crippen LogP contribution in [0.5, 0.6) is 0 Å². The van der Waals surface area contributed by atoms with Crippen molar-refractivity contribution in [2.45, 2.75) is 6.42 Å². The van der Waals surface area contributed by atoms with Gasteiger partial charge in [0.2, 0.25) is 0 Å². The molecule has 0 aliphatic heterocycles. The molecule has 0 aromatic carbocycles. The van der Waals surface area contributed by atoms with Gasteiger partial charge in [-0.25, -0.2) is 4.98 Å². The zero-order valence-corrected chi connectivity index (χ0v) is 8.84.